The van der Waals surface area contributed by atoms with Crippen molar-refractivity contribution in [1.82, 2.24) is 4.90 Å². The minimum atomic E-state index is 0.195. The first-order valence-electron chi connectivity index (χ1n) is 8.09. The molecular weight excluding hydrogens is 260 g/mol. The number of benzene rings is 1. The molecule has 2 N–H and O–H groups in total. The fourth-order valence-electron chi connectivity index (χ4n) is 2.92. The number of rotatable bonds is 4. The van der Waals surface area contributed by atoms with Crippen molar-refractivity contribution in [3.05, 3.63) is 29.8 Å². The molecule has 21 heavy (non-hydrogen) atoms. The third kappa shape index (κ3) is 4.72. The Hall–Kier alpha value is -1.06. The van der Waals surface area contributed by atoms with Crippen LogP contribution < -0.4 is 10.5 Å². The molecule has 0 bridgehead atoms. The van der Waals surface area contributed by atoms with Crippen LogP contribution in [0.25, 0.3) is 0 Å². The van der Waals surface area contributed by atoms with Crippen LogP contribution in [-0.4, -0.2) is 36.7 Å². The van der Waals surface area contributed by atoms with Gasteiger partial charge in [-0.2, -0.15) is 0 Å². The van der Waals surface area contributed by atoms with Gasteiger partial charge < -0.3 is 10.5 Å². The Kier molecular flexibility index (Phi) is 5.28. The Morgan fingerprint density at radius 2 is 1.90 bits per heavy atom. The monoisotopic (exact) mass is 290 g/mol. The molecule has 3 heteroatoms. The van der Waals surface area contributed by atoms with Gasteiger partial charge in [0.15, 0.2) is 0 Å². The topological polar surface area (TPSA) is 38.5 Å². The van der Waals surface area contributed by atoms with Crippen molar-refractivity contribution >= 4 is 0 Å². The molecule has 1 aromatic carbocycles. The van der Waals surface area contributed by atoms with E-state index in [2.05, 4.69) is 56.9 Å². The zero-order valence-electron chi connectivity index (χ0n) is 13.9. The van der Waals surface area contributed by atoms with Crippen LogP contribution in [0.3, 0.4) is 0 Å². The van der Waals surface area contributed by atoms with Crippen LogP contribution in [-0.2, 0) is 5.41 Å². The standard InChI is InChI=1S/C18H30N2O/c1-14-13-16(19)9-10-20(14)11-12-21-17-7-5-15(6-8-17)18(2,3)4/h5-8,14,16H,9-13,19H2,1-4H3. The lowest BCUT2D eigenvalue weighted by molar-refractivity contribution is 0.123. The first-order valence-corrected chi connectivity index (χ1v) is 8.09. The fraction of sp³-hybridized carbons (Fsp3) is 0.667. The van der Waals surface area contributed by atoms with E-state index in [9.17, 15) is 0 Å². The summed E-state index contributed by atoms with van der Waals surface area (Å²) >= 11 is 0. The number of hydrogen-bond donors (Lipinski definition) is 1. The SMILES string of the molecule is CC1CC(N)CCN1CCOc1ccc(C(C)(C)C)cc1. The molecule has 2 unspecified atom stereocenters. The highest BCUT2D eigenvalue weighted by Gasteiger charge is 2.22. The van der Waals surface area contributed by atoms with E-state index in [0.717, 1.165) is 38.3 Å². The van der Waals surface area contributed by atoms with Crippen molar-refractivity contribution in [3.8, 4) is 5.75 Å². The molecule has 1 fully saturated rings. The second-order valence-corrected chi connectivity index (χ2v) is 7.29. The third-order valence-corrected chi connectivity index (χ3v) is 4.42. The summed E-state index contributed by atoms with van der Waals surface area (Å²) in [7, 11) is 0. The van der Waals surface area contributed by atoms with E-state index in [-0.39, 0.29) is 5.41 Å². The highest BCUT2D eigenvalue weighted by molar-refractivity contribution is 5.31. The van der Waals surface area contributed by atoms with Crippen LogP contribution in [0.5, 0.6) is 5.75 Å². The summed E-state index contributed by atoms with van der Waals surface area (Å²) in [5, 5.41) is 0. The molecule has 1 aromatic rings. The second kappa shape index (κ2) is 6.80. The normalized spacial score (nSPS) is 24.0. The molecule has 2 rings (SSSR count). The molecule has 1 heterocycles. The summed E-state index contributed by atoms with van der Waals surface area (Å²) in [6.45, 7) is 11.8. The fourth-order valence-corrected chi connectivity index (χ4v) is 2.92. The Labute approximate surface area is 129 Å². The van der Waals surface area contributed by atoms with Crippen molar-refractivity contribution in [3.63, 3.8) is 0 Å². The minimum Gasteiger partial charge on any atom is -0.492 e. The Morgan fingerprint density at radius 3 is 2.48 bits per heavy atom. The molecule has 118 valence electrons. The Morgan fingerprint density at radius 1 is 1.24 bits per heavy atom. The Balaban J connectivity index is 1.78. The minimum absolute atomic E-state index is 0.195. The van der Waals surface area contributed by atoms with Gasteiger partial charge in [-0.3, -0.25) is 4.90 Å². The summed E-state index contributed by atoms with van der Waals surface area (Å²) in [5.41, 5.74) is 7.53. The average Bonchev–Trinajstić information content (AvgIpc) is 2.41. The maximum Gasteiger partial charge on any atom is 0.119 e. The molecule has 0 aliphatic carbocycles. The van der Waals surface area contributed by atoms with E-state index in [1.807, 2.05) is 0 Å². The van der Waals surface area contributed by atoms with E-state index >= 15 is 0 Å². The third-order valence-electron chi connectivity index (χ3n) is 4.42. The number of nitrogens with two attached hydrogens (primary N) is 1. The summed E-state index contributed by atoms with van der Waals surface area (Å²) in [6, 6.07) is 9.44. The van der Waals surface area contributed by atoms with Gasteiger partial charge in [-0.1, -0.05) is 32.9 Å². The molecule has 0 aromatic heterocycles. The van der Waals surface area contributed by atoms with Gasteiger partial charge in [0.1, 0.15) is 12.4 Å². The molecule has 3 nitrogen and oxygen atoms in total. The number of ether oxygens (including phenoxy) is 1. The van der Waals surface area contributed by atoms with Crippen LogP contribution in [0.15, 0.2) is 24.3 Å². The largest absolute Gasteiger partial charge is 0.492 e. The predicted molar refractivity (Wildman–Crippen MR) is 88.9 cm³/mol. The van der Waals surface area contributed by atoms with E-state index in [1.165, 1.54) is 5.56 Å². The quantitative estimate of drug-likeness (QED) is 0.925. The molecule has 1 aliphatic heterocycles. The van der Waals surface area contributed by atoms with Gasteiger partial charge in [0.25, 0.3) is 0 Å². The van der Waals surface area contributed by atoms with Crippen molar-refractivity contribution in [2.24, 2.45) is 5.73 Å². The lowest BCUT2D eigenvalue weighted by atomic mass is 9.87. The molecule has 1 saturated heterocycles. The van der Waals surface area contributed by atoms with E-state index in [4.69, 9.17) is 10.5 Å². The van der Waals surface area contributed by atoms with Crippen molar-refractivity contribution < 1.29 is 4.74 Å². The zero-order valence-corrected chi connectivity index (χ0v) is 13.9. The highest BCUT2D eigenvalue weighted by Crippen LogP contribution is 2.24. The van der Waals surface area contributed by atoms with Gasteiger partial charge in [0, 0.05) is 25.2 Å². The van der Waals surface area contributed by atoms with Gasteiger partial charge in [-0.25, -0.2) is 0 Å². The number of nitrogens with zero attached hydrogens (tertiary/aromatic N) is 1. The molecule has 0 saturated carbocycles. The van der Waals surface area contributed by atoms with Crippen LogP contribution in [0.4, 0.5) is 0 Å². The molecule has 2 atom stereocenters. The van der Waals surface area contributed by atoms with E-state index < -0.39 is 0 Å². The van der Waals surface area contributed by atoms with Crippen molar-refractivity contribution in [1.29, 1.82) is 0 Å². The number of likely N-dealkylation sites (tertiary alicyclic amines) is 1. The molecule has 1 aliphatic rings. The van der Waals surface area contributed by atoms with Gasteiger partial charge in [0.05, 0.1) is 0 Å². The highest BCUT2D eigenvalue weighted by atomic mass is 16.5. The summed E-state index contributed by atoms with van der Waals surface area (Å²) in [4.78, 5) is 2.48. The van der Waals surface area contributed by atoms with Crippen LogP contribution in [0.1, 0.15) is 46.1 Å². The summed E-state index contributed by atoms with van der Waals surface area (Å²) in [5.74, 6) is 0.962. The average molecular weight is 290 g/mol. The van der Waals surface area contributed by atoms with Crippen molar-refractivity contribution in [2.45, 2.75) is 58.0 Å². The number of piperidine rings is 1. The first-order chi connectivity index (χ1) is 9.86. The van der Waals surface area contributed by atoms with Crippen LogP contribution >= 0.6 is 0 Å². The maximum absolute atomic E-state index is 6.00. The van der Waals surface area contributed by atoms with Gasteiger partial charge in [0.2, 0.25) is 0 Å². The summed E-state index contributed by atoms with van der Waals surface area (Å²) < 4.78 is 5.88. The predicted octanol–water partition coefficient (Wildman–Crippen LogP) is 3.17. The van der Waals surface area contributed by atoms with Crippen molar-refractivity contribution in [2.75, 3.05) is 19.7 Å². The smallest absolute Gasteiger partial charge is 0.119 e. The van der Waals surface area contributed by atoms with Crippen LogP contribution in [0.2, 0.25) is 0 Å². The van der Waals surface area contributed by atoms with Gasteiger partial charge >= 0.3 is 0 Å². The lowest BCUT2D eigenvalue weighted by Gasteiger charge is -2.36. The first kappa shape index (κ1) is 16.3. The number of hydrogen-bond acceptors (Lipinski definition) is 3. The molecule has 0 radical (unpaired) electrons. The Bertz CT molecular complexity index is 436. The van der Waals surface area contributed by atoms with Gasteiger partial charge in [-0.05, 0) is 42.9 Å². The lowest BCUT2D eigenvalue weighted by Crippen LogP contribution is -2.46. The van der Waals surface area contributed by atoms with E-state index in [0.29, 0.717) is 12.1 Å². The zero-order chi connectivity index (χ0) is 15.5. The molecular formula is C18H30N2O. The second-order valence-electron chi connectivity index (χ2n) is 7.29. The van der Waals surface area contributed by atoms with E-state index in [1.54, 1.807) is 0 Å². The van der Waals surface area contributed by atoms with Gasteiger partial charge in [-0.15, -0.1) is 0 Å². The summed E-state index contributed by atoms with van der Waals surface area (Å²) in [6.07, 6.45) is 2.20. The molecule has 0 amide bonds. The maximum atomic E-state index is 6.00. The molecule has 0 spiro atoms. The van der Waals surface area contributed by atoms with Crippen LogP contribution in [0, 0.1) is 0 Å².